The first kappa shape index (κ1) is 20.7. The first-order valence-electron chi connectivity index (χ1n) is 8.60. The molecule has 0 bridgehead atoms. The number of benzene rings is 2. The van der Waals surface area contributed by atoms with E-state index in [4.69, 9.17) is 0 Å². The molecule has 0 unspecified atom stereocenters. The topological polar surface area (TPSA) is 88.1 Å². The minimum Gasteiger partial charge on any atom is -0.545 e. The Kier molecular flexibility index (Phi) is 6.92. The second kappa shape index (κ2) is 9.36. The highest BCUT2D eigenvalue weighted by atomic mass is 16.4. The van der Waals surface area contributed by atoms with Gasteiger partial charge in [-0.1, -0.05) is 24.3 Å². The van der Waals surface area contributed by atoms with Gasteiger partial charge in [0.25, 0.3) is 5.91 Å². The molecule has 28 heavy (non-hydrogen) atoms. The highest BCUT2D eigenvalue weighted by Gasteiger charge is 2.09. The minimum absolute atomic E-state index is 0.561. The number of nitrogens with zero attached hydrogens (tertiary/aromatic N) is 3. The molecular formula is C21H23N4O3-. The minimum atomic E-state index is -1.45. The zero-order chi connectivity index (χ0) is 20.7. The third-order valence-electron chi connectivity index (χ3n) is 3.96. The zero-order valence-electron chi connectivity index (χ0n) is 16.3. The van der Waals surface area contributed by atoms with E-state index >= 15 is 0 Å². The van der Waals surface area contributed by atoms with Gasteiger partial charge < -0.3 is 19.7 Å². The van der Waals surface area contributed by atoms with E-state index in [1.54, 1.807) is 0 Å². The number of hydrogen-bond acceptors (Lipinski definition) is 6. The SMILES string of the molecule is CN(C)c1ccc(C(=NNC(=O)C=CC(=O)[O-])c2ccc(N(C)C)cc2)cc1. The van der Waals surface area contributed by atoms with Gasteiger partial charge in [-0.2, -0.15) is 5.10 Å². The van der Waals surface area contributed by atoms with Crippen molar-refractivity contribution in [1.29, 1.82) is 0 Å². The highest BCUT2D eigenvalue weighted by molar-refractivity contribution is 6.13. The predicted octanol–water partition coefficient (Wildman–Crippen LogP) is 0.993. The maximum Gasteiger partial charge on any atom is 0.264 e. The van der Waals surface area contributed by atoms with Crippen LogP contribution in [-0.4, -0.2) is 45.8 Å². The summed E-state index contributed by atoms with van der Waals surface area (Å²) in [6, 6.07) is 15.5. The molecule has 0 atom stereocenters. The predicted molar refractivity (Wildman–Crippen MR) is 109 cm³/mol. The second-order valence-corrected chi connectivity index (χ2v) is 6.47. The number of anilines is 2. The number of hydrazone groups is 1. The van der Waals surface area contributed by atoms with Gasteiger partial charge >= 0.3 is 0 Å². The Bertz CT molecular complexity index is 829. The molecule has 0 fully saturated rings. The summed E-state index contributed by atoms with van der Waals surface area (Å²) >= 11 is 0. The lowest BCUT2D eigenvalue weighted by molar-refractivity contribution is -0.297. The van der Waals surface area contributed by atoms with E-state index in [1.165, 1.54) is 0 Å². The number of hydrogen-bond donors (Lipinski definition) is 1. The first-order valence-corrected chi connectivity index (χ1v) is 8.60. The summed E-state index contributed by atoms with van der Waals surface area (Å²) in [4.78, 5) is 26.2. The average molecular weight is 379 g/mol. The van der Waals surface area contributed by atoms with Crippen molar-refractivity contribution in [3.05, 3.63) is 71.8 Å². The summed E-state index contributed by atoms with van der Waals surface area (Å²) in [6.45, 7) is 0. The lowest BCUT2D eigenvalue weighted by Crippen LogP contribution is -2.22. The van der Waals surface area contributed by atoms with Crippen molar-refractivity contribution < 1.29 is 14.7 Å². The smallest absolute Gasteiger partial charge is 0.264 e. The van der Waals surface area contributed by atoms with Gasteiger partial charge in [-0.25, -0.2) is 5.43 Å². The summed E-state index contributed by atoms with van der Waals surface area (Å²) in [7, 11) is 7.81. The number of amides is 1. The third kappa shape index (κ3) is 5.70. The van der Waals surface area contributed by atoms with Crippen molar-refractivity contribution in [3.8, 4) is 0 Å². The van der Waals surface area contributed by atoms with Crippen molar-refractivity contribution in [3.63, 3.8) is 0 Å². The molecule has 0 saturated heterocycles. The van der Waals surface area contributed by atoms with E-state index in [-0.39, 0.29) is 0 Å². The fraction of sp³-hybridized carbons (Fsp3) is 0.190. The van der Waals surface area contributed by atoms with Gasteiger partial charge in [0, 0.05) is 56.8 Å². The highest BCUT2D eigenvalue weighted by Crippen LogP contribution is 2.18. The van der Waals surface area contributed by atoms with Crippen molar-refractivity contribution in [2.75, 3.05) is 38.0 Å². The average Bonchev–Trinajstić information content (AvgIpc) is 2.67. The van der Waals surface area contributed by atoms with E-state index in [0.29, 0.717) is 11.8 Å². The van der Waals surface area contributed by atoms with Crippen LogP contribution < -0.4 is 20.3 Å². The van der Waals surface area contributed by atoms with E-state index in [9.17, 15) is 14.7 Å². The van der Waals surface area contributed by atoms with Gasteiger partial charge in [0.1, 0.15) is 0 Å². The van der Waals surface area contributed by atoms with Gasteiger partial charge in [-0.3, -0.25) is 4.79 Å². The van der Waals surface area contributed by atoms with Gasteiger partial charge in [0.05, 0.1) is 11.7 Å². The summed E-state index contributed by atoms with van der Waals surface area (Å²) in [5.41, 5.74) is 6.61. The molecule has 1 N–H and O–H groups in total. The Labute approximate surface area is 164 Å². The summed E-state index contributed by atoms with van der Waals surface area (Å²) < 4.78 is 0. The van der Waals surface area contributed by atoms with Gasteiger partial charge in [0.15, 0.2) is 0 Å². The van der Waals surface area contributed by atoms with Crippen LogP contribution in [0.3, 0.4) is 0 Å². The van der Waals surface area contributed by atoms with Crippen molar-refractivity contribution in [1.82, 2.24) is 5.43 Å². The maximum absolute atomic E-state index is 11.8. The van der Waals surface area contributed by atoms with Crippen molar-refractivity contribution >= 4 is 29.0 Å². The molecule has 0 saturated carbocycles. The number of nitrogens with one attached hydrogen (secondary N) is 1. The molecule has 0 spiro atoms. The van der Waals surface area contributed by atoms with Crippen molar-refractivity contribution in [2.24, 2.45) is 5.10 Å². The molecule has 0 radical (unpaired) electrons. The van der Waals surface area contributed by atoms with Crippen LogP contribution in [-0.2, 0) is 9.59 Å². The first-order chi connectivity index (χ1) is 13.3. The van der Waals surface area contributed by atoms with Crippen LogP contribution in [0.2, 0.25) is 0 Å². The monoisotopic (exact) mass is 379 g/mol. The Hall–Kier alpha value is -3.61. The number of aliphatic carboxylic acids is 1. The van der Waals surface area contributed by atoms with Gasteiger partial charge in [-0.05, 0) is 30.3 Å². The largest absolute Gasteiger partial charge is 0.545 e. The standard InChI is InChI=1S/C21H24N4O3/c1-24(2)17-9-5-15(6-10-17)21(23-22-19(26)13-14-20(27)28)16-7-11-18(12-8-16)25(3)4/h5-14H,1-4H3,(H,22,26)(H,27,28)/p-1. The number of carbonyl (C=O) groups excluding carboxylic acids is 2. The summed E-state index contributed by atoms with van der Waals surface area (Å²) in [5.74, 6) is -2.10. The van der Waals surface area contributed by atoms with Crippen LogP contribution in [0.25, 0.3) is 0 Å². The molecule has 0 aliphatic rings. The summed E-state index contributed by atoms with van der Waals surface area (Å²) in [5, 5.41) is 14.7. The number of rotatable bonds is 7. The van der Waals surface area contributed by atoms with Crippen LogP contribution in [0.1, 0.15) is 11.1 Å². The van der Waals surface area contributed by atoms with Crippen LogP contribution in [0.5, 0.6) is 0 Å². The molecule has 7 heteroatoms. The summed E-state index contributed by atoms with van der Waals surface area (Å²) in [6.07, 6.45) is 1.52. The molecule has 2 aromatic carbocycles. The molecule has 0 aliphatic carbocycles. The fourth-order valence-corrected chi connectivity index (χ4v) is 2.42. The second-order valence-electron chi connectivity index (χ2n) is 6.47. The lowest BCUT2D eigenvalue weighted by atomic mass is 10.0. The molecule has 0 aliphatic heterocycles. The van der Waals surface area contributed by atoms with Gasteiger partial charge in [0.2, 0.25) is 0 Å². The molecule has 7 nitrogen and oxygen atoms in total. The molecule has 0 heterocycles. The fourth-order valence-electron chi connectivity index (χ4n) is 2.42. The van der Waals surface area contributed by atoms with Crippen LogP contribution in [0.15, 0.2) is 65.8 Å². The van der Waals surface area contributed by atoms with E-state index in [0.717, 1.165) is 28.6 Å². The molecule has 2 rings (SSSR count). The molecule has 0 aromatic heterocycles. The third-order valence-corrected chi connectivity index (χ3v) is 3.96. The zero-order valence-corrected chi connectivity index (χ0v) is 16.3. The van der Waals surface area contributed by atoms with Crippen LogP contribution in [0.4, 0.5) is 11.4 Å². The number of carbonyl (C=O) groups is 2. The Morgan fingerprint density at radius 1 is 0.821 bits per heavy atom. The maximum atomic E-state index is 11.8. The van der Waals surface area contributed by atoms with Crippen LogP contribution >= 0.6 is 0 Å². The number of carboxylic acid groups (broad SMARTS) is 1. The Morgan fingerprint density at radius 3 is 1.61 bits per heavy atom. The normalized spacial score (nSPS) is 10.4. The molecule has 2 aromatic rings. The lowest BCUT2D eigenvalue weighted by Gasteiger charge is -2.15. The molecular weight excluding hydrogens is 356 g/mol. The molecule has 146 valence electrons. The van der Waals surface area contributed by atoms with Gasteiger partial charge in [-0.15, -0.1) is 0 Å². The quantitative estimate of drug-likeness (QED) is 0.440. The van der Waals surface area contributed by atoms with Crippen molar-refractivity contribution in [2.45, 2.75) is 0 Å². The molecule has 1 amide bonds. The van der Waals surface area contributed by atoms with E-state index in [2.05, 4.69) is 10.5 Å². The Balaban J connectivity index is 2.38. The Morgan fingerprint density at radius 2 is 1.25 bits per heavy atom. The van der Waals surface area contributed by atoms with E-state index < -0.39 is 11.9 Å². The number of carboxylic acids is 1. The van der Waals surface area contributed by atoms with Crippen LogP contribution in [0, 0.1) is 0 Å². The van der Waals surface area contributed by atoms with E-state index in [1.807, 2.05) is 86.5 Å².